The second-order valence-corrected chi connectivity index (χ2v) is 12.2. The van der Waals surface area contributed by atoms with Crippen LogP contribution in [0.4, 0.5) is 23.2 Å². The molecule has 0 unspecified atom stereocenters. The number of hydrogen-bond donors (Lipinski definition) is 3. The molecular formula is C23H24ClF4N5O6S. The van der Waals surface area contributed by atoms with Crippen molar-refractivity contribution < 1.29 is 45.1 Å². The third kappa shape index (κ3) is 5.47. The monoisotopic (exact) mass is 609 g/mol. The minimum Gasteiger partial charge on any atom is -0.488 e. The lowest BCUT2D eigenvalue weighted by molar-refractivity contribution is -0.189. The molecular weight excluding hydrogens is 586 g/mol. The van der Waals surface area contributed by atoms with Crippen LogP contribution < -0.4 is 20.1 Å². The number of carbonyl (C=O) groups excluding carboxylic acids is 3. The first-order valence-corrected chi connectivity index (χ1v) is 13.5. The van der Waals surface area contributed by atoms with Crippen LogP contribution >= 0.6 is 11.6 Å². The van der Waals surface area contributed by atoms with Gasteiger partial charge in [-0.1, -0.05) is 11.6 Å². The van der Waals surface area contributed by atoms with Gasteiger partial charge in [-0.05, 0) is 38.5 Å². The van der Waals surface area contributed by atoms with Gasteiger partial charge in [-0.3, -0.25) is 14.4 Å². The van der Waals surface area contributed by atoms with Crippen LogP contribution in [0.15, 0.2) is 29.3 Å². The minimum atomic E-state index is -4.82. The summed E-state index contributed by atoms with van der Waals surface area (Å²) in [5.74, 6) is -4.55. The molecule has 1 spiro atoms. The summed E-state index contributed by atoms with van der Waals surface area (Å²) < 4.78 is 89.0. The Bertz CT molecular complexity index is 1510. The van der Waals surface area contributed by atoms with E-state index in [1.165, 1.54) is 23.7 Å². The van der Waals surface area contributed by atoms with Gasteiger partial charge in [0, 0.05) is 32.0 Å². The summed E-state index contributed by atoms with van der Waals surface area (Å²) in [6.45, 7) is 0.503. The average Bonchev–Trinajstić information content (AvgIpc) is 3.37. The Balaban J connectivity index is 1.54. The number of nitrogens with one attached hydrogen (secondary N) is 3. The van der Waals surface area contributed by atoms with E-state index in [0.29, 0.717) is 13.8 Å². The number of aryl methyl sites for hydroxylation is 1. The van der Waals surface area contributed by atoms with Gasteiger partial charge in [0.05, 0.1) is 10.6 Å². The van der Waals surface area contributed by atoms with Gasteiger partial charge in [0.2, 0.25) is 10.0 Å². The van der Waals surface area contributed by atoms with Gasteiger partial charge in [0.1, 0.15) is 22.9 Å². The Morgan fingerprint density at radius 1 is 1.20 bits per heavy atom. The summed E-state index contributed by atoms with van der Waals surface area (Å²) in [5, 5.41) is 3.90. The number of fused-ring (bicyclic) bond motifs is 1. The molecule has 3 amide bonds. The minimum absolute atomic E-state index is 0.0279. The fraction of sp³-hybridized carbons (Fsp3) is 0.435. The molecule has 2 aliphatic heterocycles. The van der Waals surface area contributed by atoms with Gasteiger partial charge in [0.25, 0.3) is 5.91 Å². The van der Waals surface area contributed by atoms with Crippen LogP contribution in [-0.2, 0) is 26.7 Å². The van der Waals surface area contributed by atoms with E-state index in [1.807, 2.05) is 0 Å². The number of likely N-dealkylation sites (tertiary alicyclic amines) is 1. The molecule has 0 bridgehead atoms. The van der Waals surface area contributed by atoms with Crippen molar-refractivity contribution in [2.24, 2.45) is 7.05 Å². The quantitative estimate of drug-likeness (QED) is 0.360. The highest BCUT2D eigenvalue weighted by Gasteiger charge is 2.51. The number of halogens is 5. The number of sulfonamides is 1. The van der Waals surface area contributed by atoms with Crippen molar-refractivity contribution in [1.29, 1.82) is 0 Å². The lowest BCUT2D eigenvalue weighted by Crippen LogP contribution is -2.58. The number of hydrogen-bond acceptors (Lipinski definition) is 6. The van der Waals surface area contributed by atoms with Crippen LogP contribution in [0.1, 0.15) is 30.8 Å². The molecule has 1 saturated heterocycles. The number of ether oxygens (including phenoxy) is 1. The van der Waals surface area contributed by atoms with Crippen LogP contribution in [0.5, 0.6) is 5.75 Å². The maximum atomic E-state index is 13.5. The van der Waals surface area contributed by atoms with E-state index >= 15 is 0 Å². The Morgan fingerprint density at radius 2 is 1.88 bits per heavy atom. The van der Waals surface area contributed by atoms with Gasteiger partial charge in [-0.25, -0.2) is 12.8 Å². The fourth-order valence-corrected chi connectivity index (χ4v) is 6.10. The van der Waals surface area contributed by atoms with Crippen LogP contribution in [-0.4, -0.2) is 72.6 Å². The highest BCUT2D eigenvalue weighted by molar-refractivity contribution is 7.89. The Hall–Kier alpha value is -3.37. The van der Waals surface area contributed by atoms with Crippen LogP contribution in [0, 0.1) is 5.82 Å². The van der Waals surface area contributed by atoms with Crippen LogP contribution in [0.25, 0.3) is 0 Å². The van der Waals surface area contributed by atoms with E-state index < -0.39 is 50.8 Å². The molecule has 0 saturated carbocycles. The van der Waals surface area contributed by atoms with Crippen molar-refractivity contribution in [3.63, 3.8) is 0 Å². The number of nitrogens with zero attached hydrogens (tertiary/aromatic N) is 2. The van der Waals surface area contributed by atoms with E-state index in [-0.39, 0.29) is 53.2 Å². The Labute approximate surface area is 230 Å². The molecule has 0 radical (unpaired) electrons. The number of rotatable bonds is 3. The second kappa shape index (κ2) is 9.92. The van der Waals surface area contributed by atoms with Crippen molar-refractivity contribution in [1.82, 2.24) is 19.5 Å². The lowest BCUT2D eigenvalue weighted by atomic mass is 10.0. The van der Waals surface area contributed by atoms with Gasteiger partial charge in [0.15, 0.2) is 11.4 Å². The number of benzene rings is 1. The number of carbonyl (C=O) groups is 3. The van der Waals surface area contributed by atoms with Gasteiger partial charge in [-0.15, -0.1) is 0 Å². The predicted molar refractivity (Wildman–Crippen MR) is 133 cm³/mol. The molecule has 2 aromatic rings. The number of aromatic nitrogens is 1. The van der Waals surface area contributed by atoms with Gasteiger partial charge < -0.3 is 24.8 Å². The molecule has 1 atom stereocenters. The highest BCUT2D eigenvalue weighted by Crippen LogP contribution is 2.37. The summed E-state index contributed by atoms with van der Waals surface area (Å²) in [6.07, 6.45) is -3.70. The zero-order chi connectivity index (χ0) is 29.8. The molecule has 1 fully saturated rings. The van der Waals surface area contributed by atoms with Crippen molar-refractivity contribution in [3.05, 3.63) is 40.9 Å². The molecule has 11 nitrogen and oxygen atoms in total. The summed E-state index contributed by atoms with van der Waals surface area (Å²) in [6, 6.07) is 3.46. The molecule has 218 valence electrons. The second-order valence-electron chi connectivity index (χ2n) is 10.1. The maximum Gasteiger partial charge on any atom is 0.410 e. The van der Waals surface area contributed by atoms with E-state index in [1.54, 1.807) is 5.32 Å². The topological polar surface area (TPSA) is 139 Å². The first kappa shape index (κ1) is 29.6. The van der Waals surface area contributed by atoms with E-state index in [0.717, 1.165) is 17.2 Å². The Morgan fingerprint density at radius 3 is 2.50 bits per heavy atom. The standard InChI is InChI=1S/C23H24ClF4N5O6S/c1-21(2,23(26,27)28)30-19(35)20(36)33-7-6-22(10-33)11-39-17-15(40(37,38)31-22)9-32(3)16(17)18(34)29-12-4-5-14(25)13(24)8-12/h4-5,8-9,31H,6-7,10-11H2,1-3H3,(H,29,34)(H,30,35)/t22-/m1/s1. The SMILES string of the molecule is Cn1cc2c(c1C(=O)Nc1ccc(F)c(Cl)c1)OC[C@]1(CCN(C(=O)C(=O)NC(C)(C)C(F)(F)F)C1)NS2(=O)=O. The predicted octanol–water partition coefficient (Wildman–Crippen LogP) is 2.17. The molecule has 3 heterocycles. The molecule has 40 heavy (non-hydrogen) atoms. The molecule has 1 aromatic heterocycles. The van der Waals surface area contributed by atoms with Crippen molar-refractivity contribution in [3.8, 4) is 5.75 Å². The lowest BCUT2D eigenvalue weighted by Gasteiger charge is -2.30. The third-order valence-electron chi connectivity index (χ3n) is 6.60. The van der Waals surface area contributed by atoms with E-state index in [2.05, 4.69) is 10.0 Å². The zero-order valence-electron chi connectivity index (χ0n) is 21.3. The molecule has 0 aliphatic carbocycles. The summed E-state index contributed by atoms with van der Waals surface area (Å²) in [5.41, 5.74) is -4.16. The Kier molecular flexibility index (Phi) is 7.34. The van der Waals surface area contributed by atoms with Gasteiger partial charge >= 0.3 is 18.0 Å². The van der Waals surface area contributed by atoms with Crippen molar-refractivity contribution in [2.75, 3.05) is 25.0 Å². The summed E-state index contributed by atoms with van der Waals surface area (Å²) in [7, 11) is -2.93. The molecule has 2 aliphatic rings. The molecule has 17 heteroatoms. The third-order valence-corrected chi connectivity index (χ3v) is 8.46. The fourth-order valence-electron chi connectivity index (χ4n) is 4.31. The average molecular weight is 610 g/mol. The van der Waals surface area contributed by atoms with Crippen LogP contribution in [0.2, 0.25) is 5.02 Å². The summed E-state index contributed by atoms with van der Waals surface area (Å²) >= 11 is 5.76. The number of amides is 3. The largest absolute Gasteiger partial charge is 0.488 e. The highest BCUT2D eigenvalue weighted by atomic mass is 35.5. The zero-order valence-corrected chi connectivity index (χ0v) is 22.9. The normalized spacial score (nSPS) is 20.4. The van der Waals surface area contributed by atoms with Crippen molar-refractivity contribution >= 4 is 45.0 Å². The maximum absolute atomic E-state index is 13.5. The number of anilines is 1. The van der Waals surface area contributed by atoms with Gasteiger partial charge in [-0.2, -0.15) is 17.9 Å². The smallest absolute Gasteiger partial charge is 0.410 e. The molecule has 3 N–H and O–H groups in total. The van der Waals surface area contributed by atoms with Crippen LogP contribution in [0.3, 0.4) is 0 Å². The number of alkyl halides is 3. The van der Waals surface area contributed by atoms with Crippen molar-refractivity contribution in [2.45, 2.75) is 42.4 Å². The van der Waals surface area contributed by atoms with E-state index in [4.69, 9.17) is 16.3 Å². The first-order chi connectivity index (χ1) is 18.4. The molecule has 4 rings (SSSR count). The first-order valence-electron chi connectivity index (χ1n) is 11.7. The summed E-state index contributed by atoms with van der Waals surface area (Å²) in [4.78, 5) is 38.5. The molecule has 1 aromatic carbocycles. The van der Waals surface area contributed by atoms with E-state index in [9.17, 15) is 40.4 Å².